The summed E-state index contributed by atoms with van der Waals surface area (Å²) >= 11 is 0. The van der Waals surface area contributed by atoms with E-state index in [1.807, 2.05) is 98.8 Å². The Balaban J connectivity index is 1.63. The van der Waals surface area contributed by atoms with E-state index in [1.165, 1.54) is 15.9 Å². The normalized spacial score (nSPS) is 15.4. The molecule has 3 amide bonds. The molecule has 0 aromatic heterocycles. The summed E-state index contributed by atoms with van der Waals surface area (Å²) in [6, 6.07) is 26.1. The van der Waals surface area contributed by atoms with E-state index in [0.717, 1.165) is 22.3 Å². The highest BCUT2D eigenvalue weighted by Gasteiger charge is 2.37. The Morgan fingerprint density at radius 1 is 0.826 bits per heavy atom. The number of nitrogens with two attached hydrogens (primary N) is 1. The zero-order valence-electron chi connectivity index (χ0n) is 27.5. The number of likely N-dealkylation sites (N-methyl/N-ethyl adjacent to an activating group) is 2. The second kappa shape index (κ2) is 15.8. The van der Waals surface area contributed by atoms with E-state index in [2.05, 4.69) is 0 Å². The smallest absolute Gasteiger partial charge is 0.246 e. The van der Waals surface area contributed by atoms with Crippen LogP contribution in [0.3, 0.4) is 0 Å². The zero-order chi connectivity index (χ0) is 33.3. The summed E-state index contributed by atoms with van der Waals surface area (Å²) in [5.41, 5.74) is 9.62. The van der Waals surface area contributed by atoms with Crippen LogP contribution in [0.2, 0.25) is 0 Å². The minimum Gasteiger partial charge on any atom is -0.393 e. The van der Waals surface area contributed by atoms with E-state index in [9.17, 15) is 19.5 Å². The van der Waals surface area contributed by atoms with E-state index in [-0.39, 0.29) is 24.1 Å². The van der Waals surface area contributed by atoms with Crippen LogP contribution < -0.4 is 5.73 Å². The first-order valence-electron chi connectivity index (χ1n) is 16.1. The van der Waals surface area contributed by atoms with Crippen LogP contribution in [0.15, 0.2) is 97.1 Å². The van der Waals surface area contributed by atoms with E-state index in [0.29, 0.717) is 38.8 Å². The molecule has 2 atom stereocenters. The third-order valence-corrected chi connectivity index (χ3v) is 8.64. The van der Waals surface area contributed by atoms with Gasteiger partial charge in [-0.25, -0.2) is 0 Å². The van der Waals surface area contributed by atoms with Gasteiger partial charge in [0.1, 0.15) is 12.1 Å². The number of hydrogen-bond acceptors (Lipinski definition) is 5. The molecule has 0 bridgehead atoms. The number of piperidine rings is 1. The maximum atomic E-state index is 14.5. The van der Waals surface area contributed by atoms with E-state index < -0.39 is 23.7 Å². The molecular formula is C38H48N4O4. The van der Waals surface area contributed by atoms with Gasteiger partial charge in [0, 0.05) is 45.6 Å². The first-order valence-corrected chi connectivity index (χ1v) is 16.1. The van der Waals surface area contributed by atoms with Crippen LogP contribution in [0.4, 0.5) is 0 Å². The fourth-order valence-corrected chi connectivity index (χ4v) is 5.72. The largest absolute Gasteiger partial charge is 0.393 e. The maximum Gasteiger partial charge on any atom is 0.246 e. The Morgan fingerprint density at radius 2 is 1.35 bits per heavy atom. The molecule has 46 heavy (non-hydrogen) atoms. The van der Waals surface area contributed by atoms with E-state index >= 15 is 0 Å². The van der Waals surface area contributed by atoms with Crippen LogP contribution >= 0.6 is 0 Å². The minimum atomic E-state index is -0.857. The number of carbonyl (C=O) groups excluding carboxylic acids is 3. The lowest BCUT2D eigenvalue weighted by Gasteiger charge is -2.38. The Bertz CT molecular complexity index is 1460. The van der Waals surface area contributed by atoms with E-state index in [4.69, 9.17) is 5.73 Å². The van der Waals surface area contributed by atoms with Gasteiger partial charge in [0.05, 0.1) is 6.10 Å². The third kappa shape index (κ3) is 9.61. The number of hydrogen-bond donors (Lipinski definition) is 2. The van der Waals surface area contributed by atoms with Crippen LogP contribution in [0.5, 0.6) is 0 Å². The predicted molar refractivity (Wildman–Crippen MR) is 183 cm³/mol. The molecule has 244 valence electrons. The number of nitrogens with zero attached hydrogens (tertiary/aromatic N) is 3. The number of amides is 3. The molecular weight excluding hydrogens is 576 g/mol. The molecule has 3 aromatic carbocycles. The molecule has 0 aliphatic carbocycles. The molecule has 1 saturated heterocycles. The van der Waals surface area contributed by atoms with Gasteiger partial charge in [-0.15, -0.1) is 0 Å². The zero-order valence-corrected chi connectivity index (χ0v) is 27.5. The van der Waals surface area contributed by atoms with Gasteiger partial charge in [-0.1, -0.05) is 91.0 Å². The molecule has 1 aliphatic heterocycles. The SMILES string of the molecule is CN(C(=O)[C@@H](Cc1ccc(-c2ccccc2)cc1)N(C)C(=O)/C=C/CC(C)(C)N)C(Cc1ccccc1)C(=O)N1CCC(O)CC1. The van der Waals surface area contributed by atoms with Crippen LogP contribution in [-0.2, 0) is 27.2 Å². The lowest BCUT2D eigenvalue weighted by atomic mass is 9.97. The number of aliphatic hydroxyl groups excluding tert-OH is 1. The van der Waals surface area contributed by atoms with Crippen LogP contribution in [0.1, 0.15) is 44.2 Å². The van der Waals surface area contributed by atoms with Gasteiger partial charge in [0.15, 0.2) is 0 Å². The highest BCUT2D eigenvalue weighted by atomic mass is 16.3. The number of rotatable bonds is 12. The molecule has 1 unspecified atom stereocenters. The molecule has 0 spiro atoms. The van der Waals surface area contributed by atoms with Crippen molar-refractivity contribution >= 4 is 17.7 Å². The Labute approximate surface area is 273 Å². The third-order valence-electron chi connectivity index (χ3n) is 8.64. The monoisotopic (exact) mass is 624 g/mol. The highest BCUT2D eigenvalue weighted by molar-refractivity contribution is 5.95. The molecule has 3 aromatic rings. The van der Waals surface area contributed by atoms with Crippen molar-refractivity contribution in [2.45, 2.75) is 69.7 Å². The fourth-order valence-electron chi connectivity index (χ4n) is 5.72. The lowest BCUT2D eigenvalue weighted by Crippen LogP contribution is -2.57. The van der Waals surface area contributed by atoms with Crippen molar-refractivity contribution in [1.82, 2.24) is 14.7 Å². The van der Waals surface area contributed by atoms with Crippen molar-refractivity contribution in [3.8, 4) is 11.1 Å². The van der Waals surface area contributed by atoms with Gasteiger partial charge in [-0.3, -0.25) is 14.4 Å². The summed E-state index contributed by atoms with van der Waals surface area (Å²) in [7, 11) is 3.29. The first kappa shape index (κ1) is 34.6. The molecule has 1 aliphatic rings. The Hall–Kier alpha value is -4.27. The molecule has 4 rings (SSSR count). The summed E-state index contributed by atoms with van der Waals surface area (Å²) in [6.07, 6.45) is 4.92. The summed E-state index contributed by atoms with van der Waals surface area (Å²) < 4.78 is 0. The van der Waals surface area contributed by atoms with Crippen molar-refractivity contribution in [3.05, 3.63) is 108 Å². The molecule has 3 N–H and O–H groups in total. The van der Waals surface area contributed by atoms with Gasteiger partial charge in [0.25, 0.3) is 0 Å². The minimum absolute atomic E-state index is 0.156. The Kier molecular flexibility index (Phi) is 11.9. The number of carbonyl (C=O) groups is 3. The molecule has 1 fully saturated rings. The maximum absolute atomic E-state index is 14.5. The Morgan fingerprint density at radius 3 is 1.93 bits per heavy atom. The molecule has 8 heteroatoms. The average Bonchev–Trinajstić information content (AvgIpc) is 3.05. The van der Waals surface area contributed by atoms with Crippen molar-refractivity contribution in [1.29, 1.82) is 0 Å². The van der Waals surface area contributed by atoms with Gasteiger partial charge in [-0.2, -0.15) is 0 Å². The molecule has 0 radical (unpaired) electrons. The van der Waals surface area contributed by atoms with Crippen LogP contribution in [0.25, 0.3) is 11.1 Å². The van der Waals surface area contributed by atoms with E-state index in [1.54, 1.807) is 25.1 Å². The van der Waals surface area contributed by atoms with Crippen LogP contribution in [-0.4, -0.2) is 88.4 Å². The molecule has 0 saturated carbocycles. The standard InChI is InChI=1S/C38H48N4O4/c1-38(2,39)23-11-16-35(44)40(3)33(27-29-17-19-31(20-18-29)30-14-9-6-10-15-30)36(45)41(4)34(26-28-12-7-5-8-13-28)37(46)42-24-21-32(43)22-25-42/h5-20,32-34,43H,21-27,39H2,1-4H3/b16-11+/t33-,34?/m1/s1. The topological polar surface area (TPSA) is 107 Å². The van der Waals surface area contributed by atoms with Crippen molar-refractivity contribution in [2.75, 3.05) is 27.2 Å². The summed E-state index contributed by atoms with van der Waals surface area (Å²) in [5, 5.41) is 10.0. The van der Waals surface area contributed by atoms with Crippen molar-refractivity contribution < 1.29 is 19.5 Å². The quantitative estimate of drug-likeness (QED) is 0.290. The van der Waals surface area contributed by atoms with Gasteiger partial charge >= 0.3 is 0 Å². The molecule has 1 heterocycles. The number of likely N-dealkylation sites (tertiary alicyclic amines) is 1. The van der Waals surface area contributed by atoms with Crippen molar-refractivity contribution in [3.63, 3.8) is 0 Å². The second-order valence-electron chi connectivity index (χ2n) is 13.0. The lowest BCUT2D eigenvalue weighted by molar-refractivity contribution is -0.150. The van der Waals surface area contributed by atoms with Crippen molar-refractivity contribution in [2.24, 2.45) is 5.73 Å². The first-order chi connectivity index (χ1) is 21.9. The summed E-state index contributed by atoms with van der Waals surface area (Å²) in [4.78, 5) is 46.6. The highest BCUT2D eigenvalue weighted by Crippen LogP contribution is 2.22. The van der Waals surface area contributed by atoms with Crippen LogP contribution in [0, 0.1) is 0 Å². The van der Waals surface area contributed by atoms with Gasteiger partial charge in [0.2, 0.25) is 17.7 Å². The predicted octanol–water partition coefficient (Wildman–Crippen LogP) is 4.46. The average molecular weight is 625 g/mol. The van der Waals surface area contributed by atoms with Gasteiger partial charge in [-0.05, 0) is 61.4 Å². The fraction of sp³-hybridized carbons (Fsp3) is 0.395. The number of benzene rings is 3. The summed E-state index contributed by atoms with van der Waals surface area (Å²) in [5.74, 6) is -0.786. The van der Waals surface area contributed by atoms with Gasteiger partial charge < -0.3 is 25.5 Å². The molecule has 8 nitrogen and oxygen atoms in total. The second-order valence-corrected chi connectivity index (χ2v) is 13.0. The number of aliphatic hydroxyl groups is 1. The summed E-state index contributed by atoms with van der Waals surface area (Å²) in [6.45, 7) is 4.65.